The number of aromatic amines is 1. The normalized spacial score (nSPS) is 10.8. The third-order valence-corrected chi connectivity index (χ3v) is 5.59. The van der Waals surface area contributed by atoms with Crippen LogP contribution in [0.1, 0.15) is 15.9 Å². The van der Waals surface area contributed by atoms with E-state index in [1.807, 2.05) is 48.5 Å². The third kappa shape index (κ3) is 3.72. The Morgan fingerprint density at radius 3 is 2.12 bits per heavy atom. The van der Waals surface area contributed by atoms with E-state index in [9.17, 15) is 4.79 Å². The number of benzene rings is 3. The molecule has 4 aromatic rings. The van der Waals surface area contributed by atoms with Gasteiger partial charge in [-0.25, -0.2) is 0 Å². The number of carbonyl (C=O) groups is 1. The van der Waals surface area contributed by atoms with E-state index < -0.39 is 0 Å². The van der Waals surface area contributed by atoms with Gasteiger partial charge in [0.25, 0.3) is 0 Å². The molecular formula is C26H22ClNO4. The number of para-hydroxylation sites is 1. The first kappa shape index (κ1) is 21.5. The number of ketones is 1. The van der Waals surface area contributed by atoms with Crippen molar-refractivity contribution < 1.29 is 19.0 Å². The highest BCUT2D eigenvalue weighted by atomic mass is 35.5. The molecule has 3 aromatic carbocycles. The van der Waals surface area contributed by atoms with Crippen molar-refractivity contribution in [2.24, 2.45) is 0 Å². The van der Waals surface area contributed by atoms with Gasteiger partial charge in [-0.05, 0) is 35.9 Å². The van der Waals surface area contributed by atoms with Crippen LogP contribution in [-0.2, 0) is 0 Å². The fourth-order valence-electron chi connectivity index (χ4n) is 3.79. The van der Waals surface area contributed by atoms with Gasteiger partial charge < -0.3 is 19.2 Å². The summed E-state index contributed by atoms with van der Waals surface area (Å²) >= 11 is 6.08. The van der Waals surface area contributed by atoms with Crippen molar-refractivity contribution in [2.45, 2.75) is 0 Å². The largest absolute Gasteiger partial charge is 0.493 e. The van der Waals surface area contributed by atoms with Crippen molar-refractivity contribution in [1.29, 1.82) is 0 Å². The summed E-state index contributed by atoms with van der Waals surface area (Å²) in [5.41, 5.74) is 4.08. The lowest BCUT2D eigenvalue weighted by Gasteiger charge is -2.14. The van der Waals surface area contributed by atoms with Gasteiger partial charge in [-0.1, -0.05) is 48.5 Å². The molecule has 0 spiro atoms. The van der Waals surface area contributed by atoms with Crippen LogP contribution in [0.2, 0.25) is 5.02 Å². The number of rotatable bonds is 7. The quantitative estimate of drug-likeness (QED) is 0.262. The molecule has 0 aliphatic heterocycles. The predicted octanol–water partition coefficient (Wildman–Crippen LogP) is 6.41. The minimum absolute atomic E-state index is 0.246. The van der Waals surface area contributed by atoms with E-state index in [4.69, 9.17) is 25.8 Å². The molecule has 0 bridgehead atoms. The summed E-state index contributed by atoms with van der Waals surface area (Å²) in [6, 6.07) is 18.5. The Bertz CT molecular complexity index is 1300. The molecule has 0 amide bonds. The lowest BCUT2D eigenvalue weighted by Crippen LogP contribution is -2.05. The van der Waals surface area contributed by atoms with Crippen molar-refractivity contribution in [1.82, 2.24) is 4.98 Å². The summed E-state index contributed by atoms with van der Waals surface area (Å²) in [7, 11) is 4.54. The number of halogens is 1. The highest BCUT2D eigenvalue weighted by Crippen LogP contribution is 2.41. The molecule has 6 heteroatoms. The van der Waals surface area contributed by atoms with Crippen molar-refractivity contribution in [3.8, 4) is 28.5 Å². The second kappa shape index (κ2) is 8.81. The topological polar surface area (TPSA) is 60.6 Å². The molecule has 0 saturated heterocycles. The van der Waals surface area contributed by atoms with Gasteiger partial charge in [-0.15, -0.1) is 0 Å². The van der Waals surface area contributed by atoms with Crippen LogP contribution in [0.15, 0.2) is 67.2 Å². The van der Waals surface area contributed by atoms with E-state index >= 15 is 0 Å². The molecule has 1 heterocycles. The van der Waals surface area contributed by atoms with E-state index in [1.165, 1.54) is 21.3 Å². The summed E-state index contributed by atoms with van der Waals surface area (Å²) in [5.74, 6) is 0.982. The first-order valence-electron chi connectivity index (χ1n) is 9.89. The number of carbonyl (C=O) groups excluding carboxylic acids is 1. The number of Topliss-reactive ketones (excluding diaryl/α,β-unsaturated/α-hetero) is 1. The number of methoxy groups -OCH3 is 3. The predicted molar refractivity (Wildman–Crippen MR) is 128 cm³/mol. The van der Waals surface area contributed by atoms with Crippen molar-refractivity contribution >= 4 is 33.9 Å². The first-order chi connectivity index (χ1) is 15.5. The van der Waals surface area contributed by atoms with Crippen LogP contribution < -0.4 is 14.2 Å². The molecule has 1 aromatic heterocycles. The first-order valence-corrected chi connectivity index (χ1v) is 10.3. The molecule has 0 atom stereocenters. The van der Waals surface area contributed by atoms with Crippen molar-refractivity contribution in [3.63, 3.8) is 0 Å². The van der Waals surface area contributed by atoms with E-state index in [-0.39, 0.29) is 5.78 Å². The highest BCUT2D eigenvalue weighted by molar-refractivity contribution is 6.32. The number of H-pyrrole nitrogens is 1. The smallest absolute Gasteiger partial charge is 0.203 e. The number of hydrogen-bond donors (Lipinski definition) is 1. The molecule has 0 aliphatic carbocycles. The van der Waals surface area contributed by atoms with E-state index in [2.05, 4.69) is 11.6 Å². The molecule has 0 aliphatic rings. The van der Waals surface area contributed by atoms with Gasteiger partial charge in [0.1, 0.15) is 0 Å². The maximum atomic E-state index is 13.6. The molecule has 0 fully saturated rings. The Kier molecular flexibility index (Phi) is 5.93. The maximum absolute atomic E-state index is 13.6. The fourth-order valence-corrected chi connectivity index (χ4v) is 3.91. The number of allylic oxidation sites excluding steroid dienone is 1. The van der Waals surface area contributed by atoms with Gasteiger partial charge >= 0.3 is 0 Å². The summed E-state index contributed by atoms with van der Waals surface area (Å²) in [5, 5.41) is 1.54. The number of nitrogens with one attached hydrogen (secondary N) is 1. The van der Waals surface area contributed by atoms with Gasteiger partial charge in [0.05, 0.1) is 27.0 Å². The van der Waals surface area contributed by atoms with Gasteiger partial charge in [0.2, 0.25) is 5.75 Å². The summed E-state index contributed by atoms with van der Waals surface area (Å²) in [4.78, 5) is 17.0. The molecule has 1 N–H and O–H groups in total. The fraction of sp³-hybridized carbons (Fsp3) is 0.115. The number of ether oxygens (including phenoxy) is 3. The second-order valence-corrected chi connectivity index (χ2v) is 7.59. The Morgan fingerprint density at radius 2 is 1.53 bits per heavy atom. The Morgan fingerprint density at radius 1 is 0.906 bits per heavy atom. The molecule has 0 radical (unpaired) electrons. The Hall–Kier alpha value is -3.70. The molecule has 32 heavy (non-hydrogen) atoms. The van der Waals surface area contributed by atoms with E-state index in [0.717, 1.165) is 27.7 Å². The summed E-state index contributed by atoms with van der Waals surface area (Å²) in [6.07, 6.45) is 0. The van der Waals surface area contributed by atoms with Crippen molar-refractivity contribution in [2.75, 3.05) is 21.3 Å². The Labute approximate surface area is 191 Å². The molecular weight excluding hydrogens is 426 g/mol. The average Bonchev–Trinajstić information content (AvgIpc) is 3.22. The summed E-state index contributed by atoms with van der Waals surface area (Å²) < 4.78 is 16.2. The van der Waals surface area contributed by atoms with Crippen LogP contribution in [0.5, 0.6) is 17.2 Å². The van der Waals surface area contributed by atoms with Gasteiger partial charge in [-0.2, -0.15) is 0 Å². The summed E-state index contributed by atoms with van der Waals surface area (Å²) in [6.45, 7) is 4.17. The molecule has 4 rings (SSSR count). The van der Waals surface area contributed by atoms with Crippen LogP contribution in [0.3, 0.4) is 0 Å². The standard InChI is InChI=1S/C26H22ClNO4/c1-15(25(29)17-13-21(30-2)26(32-4)22(14-17)31-3)23-19-7-5-6-8-20(19)28-24(23)16-9-11-18(27)12-10-16/h5-14,28H,1H2,2-4H3. The van der Waals surface area contributed by atoms with Crippen LogP contribution in [-0.4, -0.2) is 32.1 Å². The zero-order chi connectivity index (χ0) is 22.8. The SMILES string of the molecule is C=C(C(=O)c1cc(OC)c(OC)c(OC)c1)c1c(-c2ccc(Cl)cc2)[nH]c2ccccc12. The van der Waals surface area contributed by atoms with Gasteiger partial charge in [0.15, 0.2) is 17.3 Å². The number of aromatic nitrogens is 1. The van der Waals surface area contributed by atoms with Gasteiger partial charge in [-0.3, -0.25) is 4.79 Å². The zero-order valence-corrected chi connectivity index (χ0v) is 18.7. The highest BCUT2D eigenvalue weighted by Gasteiger charge is 2.24. The number of hydrogen-bond acceptors (Lipinski definition) is 4. The lowest BCUT2D eigenvalue weighted by atomic mass is 9.93. The monoisotopic (exact) mass is 447 g/mol. The molecule has 0 unspecified atom stereocenters. The molecule has 5 nitrogen and oxygen atoms in total. The van der Waals surface area contributed by atoms with Crippen molar-refractivity contribution in [3.05, 3.63) is 83.4 Å². The van der Waals surface area contributed by atoms with Crippen LogP contribution >= 0.6 is 11.6 Å². The van der Waals surface area contributed by atoms with E-state index in [1.54, 1.807) is 12.1 Å². The second-order valence-electron chi connectivity index (χ2n) is 7.15. The number of fused-ring (bicyclic) bond motifs is 1. The Balaban J connectivity index is 1.86. The minimum Gasteiger partial charge on any atom is -0.493 e. The maximum Gasteiger partial charge on any atom is 0.203 e. The van der Waals surface area contributed by atoms with Crippen LogP contribution in [0, 0.1) is 0 Å². The lowest BCUT2D eigenvalue weighted by molar-refractivity contribution is 0.105. The third-order valence-electron chi connectivity index (χ3n) is 5.34. The van der Waals surface area contributed by atoms with Crippen LogP contribution in [0.25, 0.3) is 27.7 Å². The minimum atomic E-state index is -0.246. The zero-order valence-electron chi connectivity index (χ0n) is 18.0. The average molecular weight is 448 g/mol. The van der Waals surface area contributed by atoms with E-state index in [0.29, 0.717) is 33.4 Å². The molecule has 0 saturated carbocycles. The molecule has 162 valence electrons. The van der Waals surface area contributed by atoms with Crippen LogP contribution in [0.4, 0.5) is 0 Å². The van der Waals surface area contributed by atoms with Gasteiger partial charge in [0, 0.05) is 32.6 Å².